The molecule has 3 aromatic rings. The number of hydrogen-bond acceptors (Lipinski definition) is 7. The molecule has 11 heteroatoms. The van der Waals surface area contributed by atoms with Crippen molar-refractivity contribution in [3.8, 4) is 11.3 Å². The van der Waals surface area contributed by atoms with Gasteiger partial charge in [0.15, 0.2) is 0 Å². The number of aromatic nitrogens is 4. The van der Waals surface area contributed by atoms with Crippen molar-refractivity contribution < 1.29 is 23.4 Å². The second kappa shape index (κ2) is 16.5. The number of hydrogen-bond donors (Lipinski definition) is 3. The first kappa shape index (κ1) is 32.6. The molecule has 0 amide bonds. The summed E-state index contributed by atoms with van der Waals surface area (Å²) >= 11 is 1.63. The van der Waals surface area contributed by atoms with Crippen LogP contribution in [0.1, 0.15) is 63.5 Å². The topological polar surface area (TPSA) is 96.1 Å². The van der Waals surface area contributed by atoms with E-state index in [1.165, 1.54) is 49.2 Å². The van der Waals surface area contributed by atoms with Gasteiger partial charge in [-0.1, -0.05) is 33.1 Å². The maximum Gasteiger partial charge on any atom is 0.419 e. The molecule has 0 unspecified atom stereocenters. The molecule has 1 saturated carbocycles. The Labute approximate surface area is 233 Å². The van der Waals surface area contributed by atoms with Crippen molar-refractivity contribution >= 4 is 23.4 Å². The SMILES string of the molecule is CC.Cc1cc(SCCCO)ccc1Nc1ncc(C(F)(F)F)c(-c2cnn(C)c2)n1.OCC1CCCCC1. The summed E-state index contributed by atoms with van der Waals surface area (Å²) < 4.78 is 41.6. The predicted molar refractivity (Wildman–Crippen MR) is 151 cm³/mol. The third-order valence-corrected chi connectivity index (χ3v) is 7.15. The Morgan fingerprint density at radius 1 is 1.10 bits per heavy atom. The molecule has 3 N–H and O–H groups in total. The van der Waals surface area contributed by atoms with Crippen molar-refractivity contribution in [3.05, 3.63) is 47.9 Å². The maximum absolute atomic E-state index is 13.4. The Hall–Kier alpha value is -2.63. The quantitative estimate of drug-likeness (QED) is 0.199. The second-order valence-corrected chi connectivity index (χ2v) is 10.2. The molecule has 7 nitrogen and oxygen atoms in total. The lowest BCUT2D eigenvalue weighted by molar-refractivity contribution is -0.137. The van der Waals surface area contributed by atoms with Gasteiger partial charge >= 0.3 is 6.18 Å². The molecule has 2 heterocycles. The van der Waals surface area contributed by atoms with E-state index in [2.05, 4.69) is 20.4 Å². The average Bonchev–Trinajstić information content (AvgIpc) is 3.38. The number of benzene rings is 1. The number of anilines is 2. The lowest BCUT2D eigenvalue weighted by Gasteiger charge is -2.18. The average molecular weight is 568 g/mol. The van der Waals surface area contributed by atoms with Gasteiger partial charge in [-0.2, -0.15) is 18.3 Å². The highest BCUT2D eigenvalue weighted by molar-refractivity contribution is 7.99. The van der Waals surface area contributed by atoms with E-state index in [1.807, 2.05) is 39.0 Å². The molecular formula is C28H40F3N5O2S. The summed E-state index contributed by atoms with van der Waals surface area (Å²) in [5.41, 5.74) is 0.733. The van der Waals surface area contributed by atoms with Gasteiger partial charge in [-0.25, -0.2) is 9.97 Å². The summed E-state index contributed by atoms with van der Waals surface area (Å²) in [4.78, 5) is 9.02. The van der Waals surface area contributed by atoms with Gasteiger partial charge in [0.2, 0.25) is 5.95 Å². The fourth-order valence-corrected chi connectivity index (χ4v) is 4.96. The predicted octanol–water partition coefficient (Wildman–Crippen LogP) is 7.01. The van der Waals surface area contributed by atoms with E-state index >= 15 is 0 Å². The Balaban J connectivity index is 0.000000451. The fourth-order valence-electron chi connectivity index (χ4n) is 4.02. The number of nitrogens with zero attached hydrogens (tertiary/aromatic N) is 4. The monoisotopic (exact) mass is 567 g/mol. The Morgan fingerprint density at radius 2 is 1.82 bits per heavy atom. The van der Waals surface area contributed by atoms with E-state index in [-0.39, 0.29) is 23.8 Å². The zero-order valence-corrected chi connectivity index (χ0v) is 23.9. The van der Waals surface area contributed by atoms with Crippen molar-refractivity contribution in [2.24, 2.45) is 13.0 Å². The van der Waals surface area contributed by atoms with Crippen LogP contribution in [0.5, 0.6) is 0 Å². The third kappa shape index (κ3) is 10.5. The number of halogens is 3. The van der Waals surface area contributed by atoms with Gasteiger partial charge in [0, 0.05) is 54.6 Å². The second-order valence-electron chi connectivity index (χ2n) is 9.07. The van der Waals surface area contributed by atoms with E-state index < -0.39 is 11.7 Å². The van der Waals surface area contributed by atoms with Crippen molar-refractivity contribution in [2.45, 2.75) is 70.4 Å². The summed E-state index contributed by atoms with van der Waals surface area (Å²) in [5.74, 6) is 1.52. The molecule has 1 aromatic carbocycles. The van der Waals surface area contributed by atoms with E-state index in [0.29, 0.717) is 24.6 Å². The van der Waals surface area contributed by atoms with Crippen LogP contribution in [0.2, 0.25) is 0 Å². The van der Waals surface area contributed by atoms with Crippen molar-refractivity contribution in [2.75, 3.05) is 24.3 Å². The minimum atomic E-state index is -4.58. The number of alkyl halides is 3. The molecule has 0 atom stereocenters. The summed E-state index contributed by atoms with van der Waals surface area (Å²) in [6.07, 6.45) is 6.31. The van der Waals surface area contributed by atoms with Gasteiger partial charge in [-0.15, -0.1) is 11.8 Å². The minimum absolute atomic E-state index is 0.0700. The van der Waals surface area contributed by atoms with E-state index in [9.17, 15) is 13.2 Å². The van der Waals surface area contributed by atoms with Crippen LogP contribution in [-0.2, 0) is 13.2 Å². The van der Waals surface area contributed by atoms with Gasteiger partial charge in [0.25, 0.3) is 0 Å². The highest BCUT2D eigenvalue weighted by atomic mass is 32.2. The van der Waals surface area contributed by atoms with Crippen LogP contribution < -0.4 is 5.32 Å². The third-order valence-electron chi connectivity index (χ3n) is 6.07. The number of aliphatic hydroxyl groups is 2. The molecule has 216 valence electrons. The number of nitrogens with one attached hydrogen (secondary N) is 1. The first-order chi connectivity index (χ1) is 18.7. The first-order valence-electron chi connectivity index (χ1n) is 13.4. The molecule has 0 bridgehead atoms. The fraction of sp³-hybridized carbons (Fsp3) is 0.536. The van der Waals surface area contributed by atoms with Crippen LogP contribution in [-0.4, -0.2) is 48.9 Å². The molecule has 4 rings (SSSR count). The Bertz CT molecular complexity index is 1130. The highest BCUT2D eigenvalue weighted by Gasteiger charge is 2.35. The first-order valence-corrected chi connectivity index (χ1v) is 14.3. The molecule has 1 aliphatic carbocycles. The van der Waals surface area contributed by atoms with Gasteiger partial charge in [0.05, 0.1) is 11.9 Å². The lowest BCUT2D eigenvalue weighted by Crippen LogP contribution is -2.11. The molecule has 1 aliphatic rings. The number of aryl methyl sites for hydroxylation is 2. The zero-order chi connectivity index (χ0) is 28.8. The van der Waals surface area contributed by atoms with Crippen LogP contribution in [0.15, 0.2) is 41.7 Å². The minimum Gasteiger partial charge on any atom is -0.396 e. The van der Waals surface area contributed by atoms with Crippen LogP contribution in [0, 0.1) is 12.8 Å². The van der Waals surface area contributed by atoms with Crippen molar-refractivity contribution in [3.63, 3.8) is 0 Å². The van der Waals surface area contributed by atoms with Crippen molar-refractivity contribution in [1.29, 1.82) is 0 Å². The standard InChI is InChI=1S/C19H20F3N5OS.C7H14O.C2H6/c1-12-8-14(29-7-3-6-28)4-5-16(12)25-18-23-10-15(19(20,21)22)17(26-18)13-9-24-27(2)11-13;8-6-7-4-2-1-3-5-7;1-2/h4-5,8-11,28H,3,6-7H2,1-2H3,(H,23,25,26);7-8H,1-6H2;1-2H3. The summed E-state index contributed by atoms with van der Waals surface area (Å²) in [7, 11) is 1.63. The Kier molecular flexibility index (Phi) is 13.8. The van der Waals surface area contributed by atoms with E-state index in [4.69, 9.17) is 10.2 Å². The van der Waals surface area contributed by atoms with Gasteiger partial charge in [-0.05, 0) is 55.9 Å². The highest BCUT2D eigenvalue weighted by Crippen LogP contribution is 2.36. The molecule has 0 spiro atoms. The van der Waals surface area contributed by atoms with E-state index in [1.54, 1.807) is 18.8 Å². The summed E-state index contributed by atoms with van der Waals surface area (Å²) in [6.45, 7) is 6.46. The molecular weight excluding hydrogens is 527 g/mol. The molecule has 1 fully saturated rings. The molecule has 0 aliphatic heterocycles. The normalized spacial score (nSPS) is 13.7. The lowest BCUT2D eigenvalue weighted by atomic mass is 9.90. The molecule has 0 radical (unpaired) electrons. The van der Waals surface area contributed by atoms with Gasteiger partial charge in [-0.3, -0.25) is 4.68 Å². The van der Waals surface area contributed by atoms with Crippen LogP contribution in [0.4, 0.5) is 24.8 Å². The number of aliphatic hydroxyl groups excluding tert-OH is 2. The van der Waals surface area contributed by atoms with Crippen molar-refractivity contribution in [1.82, 2.24) is 19.7 Å². The summed E-state index contributed by atoms with van der Waals surface area (Å²) in [5, 5.41) is 24.5. The van der Waals surface area contributed by atoms with Crippen LogP contribution in [0.25, 0.3) is 11.3 Å². The zero-order valence-electron chi connectivity index (χ0n) is 23.1. The van der Waals surface area contributed by atoms with E-state index in [0.717, 1.165) is 22.4 Å². The number of thioether (sulfide) groups is 1. The van der Waals surface area contributed by atoms with Gasteiger partial charge in [0.1, 0.15) is 5.56 Å². The molecule has 2 aromatic heterocycles. The Morgan fingerprint density at radius 3 is 2.36 bits per heavy atom. The summed E-state index contributed by atoms with van der Waals surface area (Å²) in [6, 6.07) is 5.71. The van der Waals surface area contributed by atoms with Gasteiger partial charge < -0.3 is 15.5 Å². The largest absolute Gasteiger partial charge is 0.419 e. The molecule has 0 saturated heterocycles. The number of rotatable bonds is 8. The maximum atomic E-state index is 13.4. The smallest absolute Gasteiger partial charge is 0.396 e. The van der Waals surface area contributed by atoms with Crippen LogP contribution in [0.3, 0.4) is 0 Å². The van der Waals surface area contributed by atoms with Crippen LogP contribution >= 0.6 is 11.8 Å². The molecule has 39 heavy (non-hydrogen) atoms.